The van der Waals surface area contributed by atoms with Crippen LogP contribution in [-0.4, -0.2) is 66.5 Å². The van der Waals surface area contributed by atoms with Crippen molar-refractivity contribution in [1.29, 1.82) is 0 Å². The number of amides is 1. The van der Waals surface area contributed by atoms with Crippen molar-refractivity contribution in [2.24, 2.45) is 0 Å². The molecule has 0 aliphatic carbocycles. The first-order valence-electron chi connectivity index (χ1n) is 7.99. The maximum absolute atomic E-state index is 12.4. The lowest BCUT2D eigenvalue weighted by molar-refractivity contribution is 0.0792. The number of likely N-dealkylation sites (tertiary alicyclic amines) is 1. The number of piperazine rings is 1. The van der Waals surface area contributed by atoms with E-state index in [0.717, 1.165) is 69.9 Å². The van der Waals surface area contributed by atoms with Crippen molar-refractivity contribution in [2.75, 3.05) is 50.7 Å². The molecule has 21 heavy (non-hydrogen) atoms. The number of hydrogen-bond donors (Lipinski definition) is 0. The molecule has 0 unspecified atom stereocenters. The largest absolute Gasteiger partial charge is 0.368 e. The maximum atomic E-state index is 12.4. The van der Waals surface area contributed by atoms with Crippen LogP contribution >= 0.6 is 0 Å². The van der Waals surface area contributed by atoms with E-state index in [1.807, 2.05) is 17.2 Å². The van der Waals surface area contributed by atoms with E-state index >= 15 is 0 Å². The van der Waals surface area contributed by atoms with Crippen molar-refractivity contribution in [3.63, 3.8) is 0 Å². The van der Waals surface area contributed by atoms with Crippen LogP contribution in [0.2, 0.25) is 0 Å². The van der Waals surface area contributed by atoms with E-state index in [1.54, 1.807) is 6.20 Å². The molecule has 0 aromatic carbocycles. The van der Waals surface area contributed by atoms with Gasteiger partial charge >= 0.3 is 0 Å². The minimum absolute atomic E-state index is 0.133. The molecule has 2 aliphatic heterocycles. The van der Waals surface area contributed by atoms with Gasteiger partial charge in [0.05, 0.1) is 17.4 Å². The first kappa shape index (κ1) is 14.3. The highest BCUT2D eigenvalue weighted by molar-refractivity contribution is 5.94. The zero-order chi connectivity index (χ0) is 14.7. The van der Waals surface area contributed by atoms with E-state index in [4.69, 9.17) is 0 Å². The van der Waals surface area contributed by atoms with E-state index in [0.29, 0.717) is 0 Å². The van der Waals surface area contributed by atoms with Crippen LogP contribution in [0.4, 0.5) is 5.69 Å². The van der Waals surface area contributed by atoms with E-state index in [9.17, 15) is 4.79 Å². The molecule has 0 radical (unpaired) electrons. The Labute approximate surface area is 126 Å². The molecule has 5 nitrogen and oxygen atoms in total. The Morgan fingerprint density at radius 1 is 1.10 bits per heavy atom. The fourth-order valence-corrected chi connectivity index (χ4v) is 3.14. The minimum atomic E-state index is 0.133. The highest BCUT2D eigenvalue weighted by Gasteiger charge is 2.21. The molecule has 3 heterocycles. The zero-order valence-electron chi connectivity index (χ0n) is 12.8. The normalized spacial score (nSPS) is 20.0. The molecular formula is C16H24N4O. The first-order chi connectivity index (χ1) is 10.3. The summed E-state index contributed by atoms with van der Waals surface area (Å²) in [6.07, 6.45) is 5.82. The van der Waals surface area contributed by atoms with Crippen LogP contribution in [0.5, 0.6) is 0 Å². The molecule has 2 aliphatic rings. The third kappa shape index (κ3) is 3.18. The molecule has 0 saturated carbocycles. The van der Waals surface area contributed by atoms with Gasteiger partial charge in [-0.2, -0.15) is 0 Å². The Morgan fingerprint density at radius 2 is 1.81 bits per heavy atom. The molecule has 2 saturated heterocycles. The van der Waals surface area contributed by atoms with Crippen molar-refractivity contribution in [3.8, 4) is 0 Å². The highest BCUT2D eigenvalue weighted by atomic mass is 16.2. The summed E-state index contributed by atoms with van der Waals surface area (Å²) in [7, 11) is 0. The monoisotopic (exact) mass is 288 g/mol. The van der Waals surface area contributed by atoms with Gasteiger partial charge in [-0.1, -0.05) is 6.92 Å². The Morgan fingerprint density at radius 3 is 2.48 bits per heavy atom. The number of anilines is 1. The molecule has 2 fully saturated rings. The molecule has 5 heteroatoms. The van der Waals surface area contributed by atoms with Crippen molar-refractivity contribution >= 4 is 11.6 Å². The Kier molecular flexibility index (Phi) is 4.39. The van der Waals surface area contributed by atoms with Gasteiger partial charge in [0.2, 0.25) is 0 Å². The van der Waals surface area contributed by atoms with Crippen molar-refractivity contribution in [1.82, 2.24) is 14.8 Å². The van der Waals surface area contributed by atoms with Crippen LogP contribution < -0.4 is 4.90 Å². The number of carbonyl (C=O) groups is 1. The summed E-state index contributed by atoms with van der Waals surface area (Å²) >= 11 is 0. The number of likely N-dealkylation sites (N-methyl/N-ethyl adjacent to an activating group) is 1. The quantitative estimate of drug-likeness (QED) is 0.844. The second kappa shape index (κ2) is 6.43. The zero-order valence-corrected chi connectivity index (χ0v) is 12.8. The molecule has 1 aromatic heterocycles. The summed E-state index contributed by atoms with van der Waals surface area (Å²) in [4.78, 5) is 23.4. The predicted octanol–water partition coefficient (Wildman–Crippen LogP) is 1.46. The van der Waals surface area contributed by atoms with E-state index in [2.05, 4.69) is 21.7 Å². The SMILES string of the molecule is CCN1CCN(c2cncc(C(=O)N3CCCC3)c2)CC1. The van der Waals surface area contributed by atoms with Crippen LogP contribution in [-0.2, 0) is 0 Å². The van der Waals surface area contributed by atoms with Gasteiger partial charge in [0, 0.05) is 45.5 Å². The topological polar surface area (TPSA) is 39.7 Å². The van der Waals surface area contributed by atoms with Crippen LogP contribution in [0.1, 0.15) is 30.1 Å². The molecule has 0 N–H and O–H groups in total. The average molecular weight is 288 g/mol. The lowest BCUT2D eigenvalue weighted by Gasteiger charge is -2.35. The highest BCUT2D eigenvalue weighted by Crippen LogP contribution is 2.19. The van der Waals surface area contributed by atoms with Gasteiger partial charge in [0.1, 0.15) is 0 Å². The Balaban J connectivity index is 1.70. The number of carbonyl (C=O) groups excluding carboxylic acids is 1. The smallest absolute Gasteiger partial charge is 0.255 e. The molecule has 0 bridgehead atoms. The van der Waals surface area contributed by atoms with Crippen molar-refractivity contribution < 1.29 is 4.79 Å². The Bertz CT molecular complexity index is 491. The van der Waals surface area contributed by atoms with Crippen molar-refractivity contribution in [2.45, 2.75) is 19.8 Å². The Hall–Kier alpha value is -1.62. The summed E-state index contributed by atoms with van der Waals surface area (Å²) in [5.74, 6) is 0.133. The second-order valence-corrected chi connectivity index (χ2v) is 5.85. The first-order valence-corrected chi connectivity index (χ1v) is 7.99. The number of aromatic nitrogens is 1. The molecule has 0 atom stereocenters. The van der Waals surface area contributed by atoms with Gasteiger partial charge in [-0.05, 0) is 25.5 Å². The van der Waals surface area contributed by atoms with Crippen LogP contribution in [0, 0.1) is 0 Å². The standard InChI is InChI=1S/C16H24N4O/c1-2-18-7-9-19(10-8-18)15-11-14(12-17-13-15)16(21)20-5-3-4-6-20/h11-13H,2-10H2,1H3. The molecular weight excluding hydrogens is 264 g/mol. The van der Waals surface area contributed by atoms with Gasteiger partial charge in [-0.25, -0.2) is 0 Å². The fourth-order valence-electron chi connectivity index (χ4n) is 3.14. The molecule has 0 spiro atoms. The van der Waals surface area contributed by atoms with Crippen LogP contribution in [0.25, 0.3) is 0 Å². The maximum Gasteiger partial charge on any atom is 0.255 e. The van der Waals surface area contributed by atoms with Gasteiger partial charge in [-0.15, -0.1) is 0 Å². The van der Waals surface area contributed by atoms with Gasteiger partial charge in [-0.3, -0.25) is 9.78 Å². The minimum Gasteiger partial charge on any atom is -0.368 e. The summed E-state index contributed by atoms with van der Waals surface area (Å²) in [6.45, 7) is 9.28. The number of hydrogen-bond acceptors (Lipinski definition) is 4. The summed E-state index contributed by atoms with van der Waals surface area (Å²) < 4.78 is 0. The van der Waals surface area contributed by atoms with E-state index in [1.165, 1.54) is 0 Å². The number of rotatable bonds is 3. The fraction of sp³-hybridized carbons (Fsp3) is 0.625. The summed E-state index contributed by atoms with van der Waals surface area (Å²) in [5.41, 5.74) is 1.81. The van der Waals surface area contributed by atoms with Gasteiger partial charge in [0.25, 0.3) is 5.91 Å². The number of nitrogens with zero attached hydrogens (tertiary/aromatic N) is 4. The number of pyridine rings is 1. The van der Waals surface area contributed by atoms with Gasteiger partial charge < -0.3 is 14.7 Å². The average Bonchev–Trinajstić information content (AvgIpc) is 3.09. The van der Waals surface area contributed by atoms with Crippen LogP contribution in [0.3, 0.4) is 0 Å². The molecule has 114 valence electrons. The molecule has 1 amide bonds. The lowest BCUT2D eigenvalue weighted by atomic mass is 10.2. The van der Waals surface area contributed by atoms with E-state index < -0.39 is 0 Å². The second-order valence-electron chi connectivity index (χ2n) is 5.85. The summed E-state index contributed by atoms with van der Waals surface area (Å²) in [5, 5.41) is 0. The van der Waals surface area contributed by atoms with Gasteiger partial charge in [0.15, 0.2) is 0 Å². The van der Waals surface area contributed by atoms with Crippen LogP contribution in [0.15, 0.2) is 18.5 Å². The third-order valence-electron chi connectivity index (χ3n) is 4.55. The third-order valence-corrected chi connectivity index (χ3v) is 4.55. The summed E-state index contributed by atoms with van der Waals surface area (Å²) in [6, 6.07) is 2.01. The lowest BCUT2D eigenvalue weighted by Crippen LogP contribution is -2.46. The molecule has 3 rings (SSSR count). The van der Waals surface area contributed by atoms with Crippen molar-refractivity contribution in [3.05, 3.63) is 24.0 Å². The molecule has 1 aromatic rings. The predicted molar refractivity (Wildman–Crippen MR) is 83.7 cm³/mol. The van der Waals surface area contributed by atoms with E-state index in [-0.39, 0.29) is 5.91 Å².